The van der Waals surface area contributed by atoms with Gasteiger partial charge < -0.3 is 10.1 Å². The summed E-state index contributed by atoms with van der Waals surface area (Å²) in [5.74, 6) is -0.239. The number of nitrogens with zero attached hydrogens (tertiary/aromatic N) is 7. The lowest BCUT2D eigenvalue weighted by Crippen LogP contribution is -2.05. The predicted molar refractivity (Wildman–Crippen MR) is 49.5 cm³/mol. The van der Waals surface area contributed by atoms with E-state index in [-0.39, 0.29) is 17.5 Å². The maximum atomic E-state index is 10.7. The van der Waals surface area contributed by atoms with E-state index in [4.69, 9.17) is 5.26 Å². The second-order valence-electron chi connectivity index (χ2n) is 2.90. The van der Waals surface area contributed by atoms with Gasteiger partial charge in [0, 0.05) is 7.05 Å². The van der Waals surface area contributed by atoms with E-state index in [9.17, 15) is 10.1 Å². The standard InChI is InChI=1S/C7H5N7O2/c1-12-3-9-6(14(15)16)7(12)13-4-10-11-5(13)2-8/h3-4H,1H3. The molecule has 0 spiro atoms. The van der Waals surface area contributed by atoms with Crippen LogP contribution in [0.15, 0.2) is 12.7 Å². The topological polar surface area (TPSA) is 115 Å². The van der Waals surface area contributed by atoms with E-state index in [0.717, 1.165) is 0 Å². The fourth-order valence-electron chi connectivity index (χ4n) is 1.28. The molecule has 9 nitrogen and oxygen atoms in total. The Hall–Kier alpha value is -2.76. The Kier molecular flexibility index (Phi) is 2.10. The number of imidazole rings is 1. The van der Waals surface area contributed by atoms with Crippen molar-refractivity contribution in [2.45, 2.75) is 0 Å². The molecule has 0 aliphatic heterocycles. The lowest BCUT2D eigenvalue weighted by atomic mass is 10.5. The molecule has 0 radical (unpaired) electrons. The zero-order valence-corrected chi connectivity index (χ0v) is 8.10. The first-order valence-corrected chi connectivity index (χ1v) is 4.11. The Morgan fingerprint density at radius 1 is 1.56 bits per heavy atom. The molecule has 0 aliphatic rings. The van der Waals surface area contributed by atoms with Crippen LogP contribution in [0.1, 0.15) is 5.82 Å². The van der Waals surface area contributed by atoms with Gasteiger partial charge in [-0.2, -0.15) is 5.26 Å². The fraction of sp³-hybridized carbons (Fsp3) is 0.143. The smallest absolute Gasteiger partial charge is 0.358 e. The molecule has 0 unspecified atom stereocenters. The van der Waals surface area contributed by atoms with Crippen molar-refractivity contribution >= 4 is 5.82 Å². The second kappa shape index (κ2) is 3.43. The van der Waals surface area contributed by atoms with E-state index in [0.29, 0.717) is 0 Å². The molecule has 0 aromatic carbocycles. The highest BCUT2D eigenvalue weighted by molar-refractivity contribution is 5.43. The minimum Gasteiger partial charge on any atom is -0.358 e. The number of aromatic nitrogens is 5. The Labute approximate surface area is 88.7 Å². The fourth-order valence-corrected chi connectivity index (χ4v) is 1.28. The van der Waals surface area contributed by atoms with Crippen molar-refractivity contribution in [3.8, 4) is 11.9 Å². The van der Waals surface area contributed by atoms with Crippen LogP contribution in [-0.4, -0.2) is 29.2 Å². The molecular formula is C7H5N7O2. The van der Waals surface area contributed by atoms with Crippen LogP contribution in [0.3, 0.4) is 0 Å². The maximum Gasteiger partial charge on any atom is 0.407 e. The summed E-state index contributed by atoms with van der Waals surface area (Å²) in [6.07, 6.45) is 2.51. The van der Waals surface area contributed by atoms with Crippen LogP contribution in [-0.2, 0) is 7.05 Å². The Bertz CT molecular complexity index is 590. The monoisotopic (exact) mass is 219 g/mol. The van der Waals surface area contributed by atoms with Gasteiger partial charge in [-0.25, -0.2) is 0 Å². The van der Waals surface area contributed by atoms with Crippen molar-refractivity contribution < 1.29 is 4.92 Å². The van der Waals surface area contributed by atoms with Crippen molar-refractivity contribution in [1.29, 1.82) is 5.26 Å². The average Bonchev–Trinajstić information content (AvgIpc) is 2.82. The summed E-state index contributed by atoms with van der Waals surface area (Å²) in [6, 6.07) is 1.78. The van der Waals surface area contributed by atoms with Gasteiger partial charge in [0.15, 0.2) is 0 Å². The van der Waals surface area contributed by atoms with E-state index >= 15 is 0 Å². The van der Waals surface area contributed by atoms with E-state index in [2.05, 4.69) is 15.2 Å². The van der Waals surface area contributed by atoms with E-state index < -0.39 is 4.92 Å². The molecule has 0 amide bonds. The summed E-state index contributed by atoms with van der Waals surface area (Å²) in [5, 5.41) is 26.5. The van der Waals surface area contributed by atoms with Crippen LogP contribution in [0, 0.1) is 21.4 Å². The maximum absolute atomic E-state index is 10.7. The molecule has 0 aliphatic carbocycles. The third-order valence-electron chi connectivity index (χ3n) is 1.94. The normalized spacial score (nSPS) is 10.0. The molecule has 0 fully saturated rings. The van der Waals surface area contributed by atoms with Crippen LogP contribution in [0.4, 0.5) is 5.82 Å². The molecular weight excluding hydrogens is 214 g/mol. The molecule has 2 heterocycles. The van der Waals surface area contributed by atoms with Crippen molar-refractivity contribution in [2.75, 3.05) is 0 Å². The molecule has 2 aromatic heterocycles. The number of aryl methyl sites for hydroxylation is 1. The predicted octanol–water partition coefficient (Wildman–Crippen LogP) is -0.219. The summed E-state index contributed by atoms with van der Waals surface area (Å²) >= 11 is 0. The Balaban J connectivity index is 2.69. The zero-order chi connectivity index (χ0) is 11.7. The number of nitro groups is 1. The first-order valence-electron chi connectivity index (χ1n) is 4.11. The van der Waals surface area contributed by atoms with Crippen LogP contribution in [0.5, 0.6) is 0 Å². The average molecular weight is 219 g/mol. The second-order valence-corrected chi connectivity index (χ2v) is 2.90. The minimum absolute atomic E-state index is 0.0355. The van der Waals surface area contributed by atoms with Gasteiger partial charge in [-0.3, -0.25) is 9.13 Å². The molecule has 2 aromatic rings. The quantitative estimate of drug-likeness (QED) is 0.509. The molecule has 0 atom stereocenters. The lowest BCUT2D eigenvalue weighted by Gasteiger charge is -2.01. The van der Waals surface area contributed by atoms with Gasteiger partial charge >= 0.3 is 5.82 Å². The molecule has 2 rings (SSSR count). The third kappa shape index (κ3) is 1.29. The van der Waals surface area contributed by atoms with Crippen molar-refractivity contribution in [2.24, 2.45) is 7.05 Å². The van der Waals surface area contributed by atoms with Crippen molar-refractivity contribution in [3.63, 3.8) is 0 Å². The van der Waals surface area contributed by atoms with Gasteiger partial charge in [-0.05, 0) is 9.91 Å². The number of rotatable bonds is 2. The Morgan fingerprint density at radius 3 is 2.94 bits per heavy atom. The molecule has 16 heavy (non-hydrogen) atoms. The highest BCUT2D eigenvalue weighted by Crippen LogP contribution is 2.20. The number of hydrogen-bond donors (Lipinski definition) is 0. The first-order chi connectivity index (χ1) is 7.65. The van der Waals surface area contributed by atoms with Crippen LogP contribution in [0.25, 0.3) is 5.82 Å². The van der Waals surface area contributed by atoms with Gasteiger partial charge in [-0.1, -0.05) is 0 Å². The van der Waals surface area contributed by atoms with E-state index in [1.807, 2.05) is 0 Å². The largest absolute Gasteiger partial charge is 0.407 e. The van der Waals surface area contributed by atoms with Crippen LogP contribution in [0.2, 0.25) is 0 Å². The SMILES string of the molecule is Cn1cnc([N+](=O)[O-])c1-n1cnnc1C#N. The van der Waals surface area contributed by atoms with Gasteiger partial charge in [0.2, 0.25) is 18.0 Å². The molecule has 0 bridgehead atoms. The first kappa shape index (κ1) is 9.78. The molecule has 0 N–H and O–H groups in total. The van der Waals surface area contributed by atoms with E-state index in [1.165, 1.54) is 21.8 Å². The third-order valence-corrected chi connectivity index (χ3v) is 1.94. The number of hydrogen-bond acceptors (Lipinski definition) is 6. The minimum atomic E-state index is -0.628. The zero-order valence-electron chi connectivity index (χ0n) is 8.10. The summed E-state index contributed by atoms with van der Waals surface area (Å²) in [7, 11) is 1.58. The summed E-state index contributed by atoms with van der Waals surface area (Å²) < 4.78 is 2.63. The molecule has 9 heteroatoms. The molecule has 0 saturated heterocycles. The lowest BCUT2D eigenvalue weighted by molar-refractivity contribution is -0.389. The molecule has 0 saturated carbocycles. The Morgan fingerprint density at radius 2 is 2.31 bits per heavy atom. The highest BCUT2D eigenvalue weighted by Gasteiger charge is 2.23. The molecule has 80 valence electrons. The van der Waals surface area contributed by atoms with E-state index in [1.54, 1.807) is 13.1 Å². The summed E-state index contributed by atoms with van der Waals surface area (Å²) in [4.78, 5) is 13.7. The van der Waals surface area contributed by atoms with Crippen LogP contribution >= 0.6 is 0 Å². The van der Waals surface area contributed by atoms with Gasteiger partial charge in [0.05, 0.1) is 0 Å². The summed E-state index contributed by atoms with van der Waals surface area (Å²) in [5.41, 5.74) is 0. The summed E-state index contributed by atoms with van der Waals surface area (Å²) in [6.45, 7) is 0. The van der Waals surface area contributed by atoms with Gasteiger partial charge in [0.25, 0.3) is 0 Å². The number of nitriles is 1. The van der Waals surface area contributed by atoms with Crippen molar-refractivity contribution in [1.82, 2.24) is 24.3 Å². The van der Waals surface area contributed by atoms with Crippen molar-refractivity contribution in [3.05, 3.63) is 28.6 Å². The van der Waals surface area contributed by atoms with Gasteiger partial charge in [-0.15, -0.1) is 10.2 Å². The van der Waals surface area contributed by atoms with Crippen LogP contribution < -0.4 is 0 Å². The van der Waals surface area contributed by atoms with Gasteiger partial charge in [0.1, 0.15) is 12.4 Å². The highest BCUT2D eigenvalue weighted by atomic mass is 16.6.